The Balaban J connectivity index is 1.62. The van der Waals surface area contributed by atoms with Crippen molar-refractivity contribution < 1.29 is 9.59 Å². The van der Waals surface area contributed by atoms with Gasteiger partial charge < -0.3 is 9.80 Å². The highest BCUT2D eigenvalue weighted by molar-refractivity contribution is 7.80. The van der Waals surface area contributed by atoms with Gasteiger partial charge in [-0.3, -0.25) is 19.4 Å². The van der Waals surface area contributed by atoms with E-state index >= 15 is 0 Å². The Morgan fingerprint density at radius 3 is 1.76 bits per heavy atom. The van der Waals surface area contributed by atoms with Gasteiger partial charge in [-0.05, 0) is 111 Å². The van der Waals surface area contributed by atoms with E-state index in [1.165, 1.54) is 0 Å². The van der Waals surface area contributed by atoms with Crippen LogP contribution in [0.4, 0.5) is 0 Å². The third kappa shape index (κ3) is 3.37. The lowest BCUT2D eigenvalue weighted by molar-refractivity contribution is -0.140. The summed E-state index contributed by atoms with van der Waals surface area (Å²) in [5, 5.41) is 1.31. The van der Waals surface area contributed by atoms with E-state index in [4.69, 9.17) is 24.4 Å². The normalized spacial score (nSPS) is 25.6. The number of amides is 2. The third-order valence-corrected chi connectivity index (χ3v) is 9.21. The van der Waals surface area contributed by atoms with Crippen LogP contribution in [0.15, 0.2) is 0 Å². The first kappa shape index (κ1) is 24.8. The largest absolute Gasteiger partial charge is 0.332 e. The zero-order valence-corrected chi connectivity index (χ0v) is 22.9. The molecule has 2 saturated carbocycles. The van der Waals surface area contributed by atoms with Gasteiger partial charge in [-0.1, -0.05) is 12.8 Å². The summed E-state index contributed by atoms with van der Waals surface area (Å²) in [5.74, 6) is 0.320. The van der Waals surface area contributed by atoms with Crippen LogP contribution in [-0.2, 0) is 9.59 Å². The van der Waals surface area contributed by atoms with Crippen molar-refractivity contribution in [2.45, 2.75) is 135 Å². The Labute approximate surface area is 210 Å². The highest BCUT2D eigenvalue weighted by Gasteiger charge is 2.62. The van der Waals surface area contributed by atoms with Crippen LogP contribution in [0.3, 0.4) is 0 Å². The predicted octanol–water partition coefficient (Wildman–Crippen LogP) is 4.45. The van der Waals surface area contributed by atoms with Crippen molar-refractivity contribution in [2.24, 2.45) is 0 Å². The van der Waals surface area contributed by atoms with E-state index in [9.17, 15) is 9.59 Å². The van der Waals surface area contributed by atoms with Crippen LogP contribution in [0.2, 0.25) is 0 Å². The van der Waals surface area contributed by atoms with E-state index in [2.05, 4.69) is 44.4 Å². The van der Waals surface area contributed by atoms with E-state index in [0.29, 0.717) is 16.6 Å². The summed E-state index contributed by atoms with van der Waals surface area (Å²) in [4.78, 5) is 35.5. The van der Waals surface area contributed by atoms with Crippen LogP contribution in [0.25, 0.3) is 0 Å². The topological polar surface area (TPSA) is 47.1 Å². The fourth-order valence-electron chi connectivity index (χ4n) is 7.00. The molecule has 1 atom stereocenters. The Morgan fingerprint density at radius 2 is 1.30 bits per heavy atom. The quantitative estimate of drug-likeness (QED) is 0.511. The molecule has 0 aromatic carbocycles. The van der Waals surface area contributed by atoms with Gasteiger partial charge in [-0.25, -0.2) is 0 Å². The number of thiocarbonyl (C=S) groups is 2. The molecule has 4 fully saturated rings. The molecule has 4 aliphatic rings. The van der Waals surface area contributed by atoms with Gasteiger partial charge in [0.1, 0.15) is 11.1 Å². The minimum Gasteiger partial charge on any atom is -0.332 e. The van der Waals surface area contributed by atoms with Gasteiger partial charge in [0.05, 0.1) is 0 Å². The highest BCUT2D eigenvalue weighted by Crippen LogP contribution is 2.49. The second-order valence-electron chi connectivity index (χ2n) is 11.8. The van der Waals surface area contributed by atoms with Crippen molar-refractivity contribution >= 4 is 46.5 Å². The van der Waals surface area contributed by atoms with Crippen LogP contribution < -0.4 is 0 Å². The second kappa shape index (κ2) is 8.14. The molecule has 184 valence electrons. The number of carbonyl (C=O) groups is 2. The van der Waals surface area contributed by atoms with Crippen molar-refractivity contribution in [3.05, 3.63) is 0 Å². The van der Waals surface area contributed by atoms with E-state index in [-0.39, 0.29) is 29.9 Å². The summed E-state index contributed by atoms with van der Waals surface area (Å²) < 4.78 is 0. The first-order chi connectivity index (χ1) is 15.3. The van der Waals surface area contributed by atoms with E-state index in [1.807, 2.05) is 18.7 Å². The van der Waals surface area contributed by atoms with Gasteiger partial charge in [0, 0.05) is 23.7 Å². The summed E-state index contributed by atoms with van der Waals surface area (Å²) in [5.41, 5.74) is -1.46. The van der Waals surface area contributed by atoms with Crippen LogP contribution in [-0.4, -0.2) is 76.4 Å². The molecule has 2 aliphatic heterocycles. The molecule has 0 aromatic rings. The first-order valence-corrected chi connectivity index (χ1v) is 13.5. The molecule has 4 rings (SSSR count). The SMILES string of the molecule is CC(C)N1C(=O)C2(CCC2)N(C(C)CC(C)(C)N2C(=O)C3(CCCC3)N(C(C)C)C2=S)C1=S. The van der Waals surface area contributed by atoms with Crippen LogP contribution in [0, 0.1) is 0 Å². The molecule has 0 bridgehead atoms. The van der Waals surface area contributed by atoms with Crippen molar-refractivity contribution in [3.63, 3.8) is 0 Å². The number of hydrogen-bond acceptors (Lipinski definition) is 4. The zero-order chi connectivity index (χ0) is 24.5. The molecule has 6 nitrogen and oxygen atoms in total. The highest BCUT2D eigenvalue weighted by atomic mass is 32.1. The van der Waals surface area contributed by atoms with Gasteiger partial charge in [-0.2, -0.15) is 0 Å². The smallest absolute Gasteiger partial charge is 0.255 e. The van der Waals surface area contributed by atoms with Crippen LogP contribution >= 0.6 is 24.4 Å². The van der Waals surface area contributed by atoms with Crippen LogP contribution in [0.1, 0.15) is 99.8 Å². The zero-order valence-electron chi connectivity index (χ0n) is 21.3. The van der Waals surface area contributed by atoms with Gasteiger partial charge >= 0.3 is 0 Å². The minimum atomic E-state index is -0.497. The van der Waals surface area contributed by atoms with E-state index in [0.717, 1.165) is 44.9 Å². The minimum absolute atomic E-state index is 0.0173. The molecule has 2 heterocycles. The lowest BCUT2D eigenvalue weighted by Crippen LogP contribution is -2.60. The maximum absolute atomic E-state index is 14.0. The molecule has 1 unspecified atom stereocenters. The Kier molecular flexibility index (Phi) is 6.13. The maximum atomic E-state index is 14.0. The molecule has 2 aliphatic carbocycles. The number of rotatable bonds is 6. The van der Waals surface area contributed by atoms with Crippen molar-refractivity contribution in [1.82, 2.24) is 19.6 Å². The van der Waals surface area contributed by atoms with Gasteiger partial charge in [-0.15, -0.1) is 0 Å². The van der Waals surface area contributed by atoms with Gasteiger partial charge in [0.25, 0.3) is 11.8 Å². The molecule has 2 saturated heterocycles. The molecular weight excluding hydrogens is 452 g/mol. The Hall–Kier alpha value is -1.28. The Morgan fingerprint density at radius 1 is 0.788 bits per heavy atom. The van der Waals surface area contributed by atoms with Crippen molar-refractivity contribution in [1.29, 1.82) is 0 Å². The maximum Gasteiger partial charge on any atom is 0.255 e. The lowest BCUT2D eigenvalue weighted by atomic mass is 9.74. The monoisotopic (exact) mass is 492 g/mol. The molecule has 0 N–H and O–H groups in total. The molecular formula is C25H40N4O2S2. The number of nitrogens with zero attached hydrogens (tertiary/aromatic N) is 4. The average molecular weight is 493 g/mol. The molecule has 0 aromatic heterocycles. The van der Waals surface area contributed by atoms with Gasteiger partial charge in [0.2, 0.25) is 0 Å². The number of carbonyl (C=O) groups excluding carboxylic acids is 2. The summed E-state index contributed by atoms with van der Waals surface area (Å²) in [6.07, 6.45) is 7.35. The lowest BCUT2D eigenvalue weighted by Gasteiger charge is -2.48. The fourth-order valence-corrected chi connectivity index (χ4v) is 8.37. The number of hydrogen-bond donors (Lipinski definition) is 0. The third-order valence-electron chi connectivity index (χ3n) is 8.44. The Bertz CT molecular complexity index is 874. The summed E-state index contributed by atoms with van der Waals surface area (Å²) in [7, 11) is 0. The standard InChI is InChI=1S/C25H40N4O2S2/c1-16(2)26-19(30)24(13-10-14-24)28(21(26)32)18(5)15-23(6,7)29-20(31)25(11-8-9-12-25)27(17(3)4)22(29)33/h16-18H,8-15H2,1-7H3. The second-order valence-corrected chi connectivity index (χ2v) is 12.5. The van der Waals surface area contributed by atoms with E-state index < -0.39 is 16.6 Å². The fraction of sp³-hybridized carbons (Fsp3) is 0.840. The molecule has 33 heavy (non-hydrogen) atoms. The van der Waals surface area contributed by atoms with Crippen LogP contribution in [0.5, 0.6) is 0 Å². The molecule has 8 heteroatoms. The summed E-state index contributed by atoms with van der Waals surface area (Å²) in [6, 6.07) is 0.241. The predicted molar refractivity (Wildman–Crippen MR) is 139 cm³/mol. The van der Waals surface area contributed by atoms with E-state index in [1.54, 1.807) is 4.90 Å². The van der Waals surface area contributed by atoms with Gasteiger partial charge in [0.15, 0.2) is 10.2 Å². The molecule has 2 spiro atoms. The average Bonchev–Trinajstić information content (AvgIpc) is 3.27. The summed E-state index contributed by atoms with van der Waals surface area (Å²) in [6.45, 7) is 14.7. The summed E-state index contributed by atoms with van der Waals surface area (Å²) >= 11 is 11.8. The molecule has 2 amide bonds. The first-order valence-electron chi connectivity index (χ1n) is 12.7. The van der Waals surface area contributed by atoms with Crippen molar-refractivity contribution in [2.75, 3.05) is 0 Å². The molecule has 0 radical (unpaired) electrons. The van der Waals surface area contributed by atoms with Crippen molar-refractivity contribution in [3.8, 4) is 0 Å².